The van der Waals surface area contributed by atoms with Gasteiger partial charge in [0.25, 0.3) is 0 Å². The van der Waals surface area contributed by atoms with Crippen LogP contribution in [0.15, 0.2) is 18.2 Å². The third-order valence-corrected chi connectivity index (χ3v) is 1.85. The second-order valence-corrected chi connectivity index (χ2v) is 2.87. The molecule has 0 unspecified atom stereocenters. The minimum absolute atomic E-state index is 0.0586. The lowest BCUT2D eigenvalue weighted by molar-refractivity contribution is 0.0597. The van der Waals surface area contributed by atoms with Crippen molar-refractivity contribution in [2.24, 2.45) is 0 Å². The molecular weight excluding hydrogens is 182 g/mol. The molecule has 0 spiro atoms. The first kappa shape index (κ1) is 10.5. The molecule has 0 aliphatic heterocycles. The number of hydrogen-bond donors (Lipinski definition) is 2. The summed E-state index contributed by atoms with van der Waals surface area (Å²) in [7, 11) is 3.09. The molecule has 1 aromatic rings. The molecule has 0 amide bonds. The van der Waals surface area contributed by atoms with Crippen LogP contribution in [0.1, 0.15) is 15.9 Å². The molecule has 0 aliphatic carbocycles. The van der Waals surface area contributed by atoms with Crippen molar-refractivity contribution >= 4 is 5.97 Å². The van der Waals surface area contributed by atoms with Gasteiger partial charge in [-0.1, -0.05) is 6.07 Å². The third kappa shape index (κ3) is 2.23. The molecule has 0 fully saturated rings. The molecule has 4 nitrogen and oxygen atoms in total. The van der Waals surface area contributed by atoms with Gasteiger partial charge in [-0.15, -0.1) is 0 Å². The average Bonchev–Trinajstić information content (AvgIpc) is 2.20. The maximum atomic E-state index is 11.2. The van der Waals surface area contributed by atoms with Gasteiger partial charge >= 0.3 is 5.97 Å². The zero-order chi connectivity index (χ0) is 10.6. The Morgan fingerprint density at radius 2 is 2.29 bits per heavy atom. The molecule has 1 aromatic carbocycles. The van der Waals surface area contributed by atoms with Crippen LogP contribution < -0.4 is 5.32 Å². The first-order valence-electron chi connectivity index (χ1n) is 4.24. The van der Waals surface area contributed by atoms with Crippen LogP contribution in [0.3, 0.4) is 0 Å². The molecule has 0 heterocycles. The number of aromatic hydroxyl groups is 1. The summed E-state index contributed by atoms with van der Waals surface area (Å²) in [5, 5.41) is 12.3. The molecule has 14 heavy (non-hydrogen) atoms. The highest BCUT2D eigenvalue weighted by atomic mass is 16.5. The molecule has 1 rings (SSSR count). The Labute approximate surface area is 82.5 Å². The first-order valence-corrected chi connectivity index (χ1v) is 4.24. The summed E-state index contributed by atoms with van der Waals surface area (Å²) < 4.78 is 4.53. The van der Waals surface area contributed by atoms with E-state index in [0.29, 0.717) is 6.54 Å². The van der Waals surface area contributed by atoms with E-state index in [1.165, 1.54) is 13.2 Å². The number of benzene rings is 1. The monoisotopic (exact) mass is 195 g/mol. The molecule has 0 radical (unpaired) electrons. The maximum Gasteiger partial charge on any atom is 0.341 e. The largest absolute Gasteiger partial charge is 0.507 e. The summed E-state index contributed by atoms with van der Waals surface area (Å²) in [6.07, 6.45) is 0. The van der Waals surface area contributed by atoms with Crippen LogP contribution in [0.5, 0.6) is 5.75 Å². The summed E-state index contributed by atoms with van der Waals surface area (Å²) in [6, 6.07) is 4.84. The summed E-state index contributed by atoms with van der Waals surface area (Å²) in [5.74, 6) is -0.586. The zero-order valence-corrected chi connectivity index (χ0v) is 8.20. The van der Waals surface area contributed by atoms with Crippen molar-refractivity contribution in [3.63, 3.8) is 0 Å². The van der Waals surface area contributed by atoms with E-state index in [0.717, 1.165) is 5.56 Å². The van der Waals surface area contributed by atoms with Gasteiger partial charge in [-0.05, 0) is 24.7 Å². The van der Waals surface area contributed by atoms with Gasteiger partial charge in [0, 0.05) is 6.54 Å². The SMILES string of the molecule is CNCc1ccc(O)c(C(=O)OC)c1. The van der Waals surface area contributed by atoms with Crippen molar-refractivity contribution in [3.8, 4) is 5.75 Å². The van der Waals surface area contributed by atoms with E-state index in [-0.39, 0.29) is 11.3 Å². The van der Waals surface area contributed by atoms with Crippen LogP contribution >= 0.6 is 0 Å². The average molecular weight is 195 g/mol. The Hall–Kier alpha value is -1.55. The van der Waals surface area contributed by atoms with Gasteiger partial charge in [-0.3, -0.25) is 0 Å². The standard InChI is InChI=1S/C10H13NO3/c1-11-6-7-3-4-9(12)8(5-7)10(13)14-2/h3-5,11-12H,6H2,1-2H3. The van der Waals surface area contributed by atoms with Gasteiger partial charge < -0.3 is 15.2 Å². The van der Waals surface area contributed by atoms with Crippen LogP contribution in [-0.4, -0.2) is 25.2 Å². The number of phenols is 1. The number of carbonyl (C=O) groups excluding carboxylic acids is 1. The number of rotatable bonds is 3. The molecule has 0 saturated heterocycles. The fourth-order valence-corrected chi connectivity index (χ4v) is 1.17. The minimum atomic E-state index is -0.527. The van der Waals surface area contributed by atoms with E-state index in [2.05, 4.69) is 10.1 Å². The van der Waals surface area contributed by atoms with Crippen molar-refractivity contribution < 1.29 is 14.6 Å². The number of hydrogen-bond acceptors (Lipinski definition) is 4. The topological polar surface area (TPSA) is 58.6 Å². The summed E-state index contributed by atoms with van der Waals surface area (Å²) in [4.78, 5) is 11.2. The fourth-order valence-electron chi connectivity index (χ4n) is 1.17. The summed E-state index contributed by atoms with van der Waals surface area (Å²) in [5.41, 5.74) is 1.12. The normalized spacial score (nSPS) is 9.86. The van der Waals surface area contributed by atoms with Crippen molar-refractivity contribution in [2.45, 2.75) is 6.54 Å². The Balaban J connectivity index is 3.01. The highest BCUT2D eigenvalue weighted by molar-refractivity contribution is 5.92. The van der Waals surface area contributed by atoms with Gasteiger partial charge in [0.1, 0.15) is 11.3 Å². The quantitative estimate of drug-likeness (QED) is 0.703. The lowest BCUT2D eigenvalue weighted by Crippen LogP contribution is -2.07. The zero-order valence-electron chi connectivity index (χ0n) is 8.20. The lowest BCUT2D eigenvalue weighted by atomic mass is 10.1. The Morgan fingerprint density at radius 1 is 1.57 bits per heavy atom. The van der Waals surface area contributed by atoms with Gasteiger partial charge in [-0.25, -0.2) is 4.79 Å². The van der Waals surface area contributed by atoms with E-state index in [9.17, 15) is 9.90 Å². The Morgan fingerprint density at radius 3 is 2.86 bits per heavy atom. The predicted molar refractivity (Wildman–Crippen MR) is 52.2 cm³/mol. The van der Waals surface area contributed by atoms with Crippen LogP contribution in [0.2, 0.25) is 0 Å². The second-order valence-electron chi connectivity index (χ2n) is 2.87. The number of nitrogens with one attached hydrogen (secondary N) is 1. The number of methoxy groups -OCH3 is 1. The molecule has 0 saturated carbocycles. The van der Waals surface area contributed by atoms with E-state index >= 15 is 0 Å². The molecule has 0 bridgehead atoms. The van der Waals surface area contributed by atoms with Gasteiger partial charge in [0.2, 0.25) is 0 Å². The van der Waals surface area contributed by atoms with E-state index in [1.807, 2.05) is 7.05 Å². The highest BCUT2D eigenvalue weighted by Gasteiger charge is 2.11. The Kier molecular flexibility index (Phi) is 3.48. The molecule has 4 heteroatoms. The summed E-state index contributed by atoms with van der Waals surface area (Å²) in [6.45, 7) is 0.643. The molecule has 2 N–H and O–H groups in total. The van der Waals surface area contributed by atoms with E-state index in [1.54, 1.807) is 12.1 Å². The molecule has 0 aromatic heterocycles. The van der Waals surface area contributed by atoms with Gasteiger partial charge in [0.05, 0.1) is 7.11 Å². The minimum Gasteiger partial charge on any atom is -0.507 e. The molecule has 0 aliphatic rings. The maximum absolute atomic E-state index is 11.2. The number of carbonyl (C=O) groups is 1. The third-order valence-electron chi connectivity index (χ3n) is 1.85. The smallest absolute Gasteiger partial charge is 0.341 e. The van der Waals surface area contributed by atoms with Crippen molar-refractivity contribution in [1.82, 2.24) is 5.32 Å². The van der Waals surface area contributed by atoms with Crippen LogP contribution in [0.4, 0.5) is 0 Å². The predicted octanol–water partition coefficient (Wildman–Crippen LogP) is 0.898. The molecule has 0 atom stereocenters. The highest BCUT2D eigenvalue weighted by Crippen LogP contribution is 2.19. The lowest BCUT2D eigenvalue weighted by Gasteiger charge is -2.05. The van der Waals surface area contributed by atoms with E-state index < -0.39 is 5.97 Å². The van der Waals surface area contributed by atoms with Crippen molar-refractivity contribution in [1.29, 1.82) is 0 Å². The Bertz CT molecular complexity index is 336. The summed E-state index contributed by atoms with van der Waals surface area (Å²) >= 11 is 0. The van der Waals surface area contributed by atoms with Gasteiger partial charge in [-0.2, -0.15) is 0 Å². The van der Waals surface area contributed by atoms with Crippen LogP contribution in [0.25, 0.3) is 0 Å². The number of phenolic OH excluding ortho intramolecular Hbond substituents is 1. The molecular formula is C10H13NO3. The number of ether oxygens (including phenoxy) is 1. The first-order chi connectivity index (χ1) is 6.69. The van der Waals surface area contributed by atoms with Crippen LogP contribution in [0, 0.1) is 0 Å². The van der Waals surface area contributed by atoms with Crippen molar-refractivity contribution in [2.75, 3.05) is 14.2 Å². The van der Waals surface area contributed by atoms with Crippen molar-refractivity contribution in [3.05, 3.63) is 29.3 Å². The second kappa shape index (κ2) is 4.62. The fraction of sp³-hybridized carbons (Fsp3) is 0.300. The van der Waals surface area contributed by atoms with Crippen LogP contribution in [-0.2, 0) is 11.3 Å². The van der Waals surface area contributed by atoms with E-state index in [4.69, 9.17) is 0 Å². The van der Waals surface area contributed by atoms with Gasteiger partial charge in [0.15, 0.2) is 0 Å². The molecule has 76 valence electrons. The number of esters is 1.